The Balaban J connectivity index is 1.45. The molecule has 1 aliphatic rings. The molecule has 1 saturated heterocycles. The van der Waals surface area contributed by atoms with Crippen LogP contribution in [0, 0.1) is 6.92 Å². The zero-order valence-corrected chi connectivity index (χ0v) is 15.0. The molecule has 0 atom stereocenters. The van der Waals surface area contributed by atoms with Crippen molar-refractivity contribution in [3.8, 4) is 5.69 Å². The SMILES string of the molecule is Cc1cccc(N2CCN(C(=O)c3cccc(-n4cccc4)c3)CC2)c1. The Hall–Kier alpha value is -3.01. The van der Waals surface area contributed by atoms with Crippen molar-refractivity contribution in [1.82, 2.24) is 9.47 Å². The number of piperazine rings is 1. The van der Waals surface area contributed by atoms with Crippen LogP contribution in [-0.2, 0) is 0 Å². The number of benzene rings is 2. The molecular weight excluding hydrogens is 322 g/mol. The van der Waals surface area contributed by atoms with Gasteiger partial charge in [-0.1, -0.05) is 18.2 Å². The Morgan fingerprint density at radius 3 is 2.23 bits per heavy atom. The summed E-state index contributed by atoms with van der Waals surface area (Å²) < 4.78 is 2.02. The summed E-state index contributed by atoms with van der Waals surface area (Å²) in [7, 11) is 0. The molecule has 0 bridgehead atoms. The Bertz CT molecular complexity index is 893. The Labute approximate surface area is 154 Å². The maximum atomic E-state index is 12.9. The van der Waals surface area contributed by atoms with Gasteiger partial charge in [-0.3, -0.25) is 4.79 Å². The molecule has 132 valence electrons. The van der Waals surface area contributed by atoms with E-state index in [2.05, 4.69) is 36.1 Å². The van der Waals surface area contributed by atoms with Gasteiger partial charge in [0.15, 0.2) is 0 Å². The normalized spacial score (nSPS) is 14.5. The van der Waals surface area contributed by atoms with Crippen LogP contribution in [0.25, 0.3) is 5.69 Å². The lowest BCUT2D eigenvalue weighted by atomic mass is 10.1. The van der Waals surface area contributed by atoms with Gasteiger partial charge in [0.2, 0.25) is 0 Å². The minimum absolute atomic E-state index is 0.114. The van der Waals surface area contributed by atoms with E-state index in [0.29, 0.717) is 0 Å². The molecular formula is C22H23N3O. The summed E-state index contributed by atoms with van der Waals surface area (Å²) in [4.78, 5) is 17.2. The van der Waals surface area contributed by atoms with E-state index in [4.69, 9.17) is 0 Å². The minimum atomic E-state index is 0.114. The first-order chi connectivity index (χ1) is 12.7. The van der Waals surface area contributed by atoms with Gasteiger partial charge in [-0.05, 0) is 55.0 Å². The van der Waals surface area contributed by atoms with Gasteiger partial charge in [0.1, 0.15) is 0 Å². The molecule has 0 radical (unpaired) electrons. The summed E-state index contributed by atoms with van der Waals surface area (Å²) in [6.07, 6.45) is 3.98. The first kappa shape index (κ1) is 16.5. The number of amides is 1. The minimum Gasteiger partial charge on any atom is -0.368 e. The average Bonchev–Trinajstić information content (AvgIpc) is 3.23. The number of aromatic nitrogens is 1. The van der Waals surface area contributed by atoms with Gasteiger partial charge >= 0.3 is 0 Å². The average molecular weight is 345 g/mol. The molecule has 3 aromatic rings. The van der Waals surface area contributed by atoms with E-state index in [9.17, 15) is 4.79 Å². The van der Waals surface area contributed by atoms with E-state index in [-0.39, 0.29) is 5.91 Å². The molecule has 4 nitrogen and oxygen atoms in total. The highest BCUT2D eigenvalue weighted by atomic mass is 16.2. The lowest BCUT2D eigenvalue weighted by molar-refractivity contribution is 0.0746. The molecule has 0 unspecified atom stereocenters. The van der Waals surface area contributed by atoms with Crippen molar-refractivity contribution in [3.63, 3.8) is 0 Å². The lowest BCUT2D eigenvalue weighted by Crippen LogP contribution is -2.48. The third-order valence-electron chi connectivity index (χ3n) is 4.93. The van der Waals surface area contributed by atoms with Gasteiger partial charge in [0.25, 0.3) is 5.91 Å². The predicted molar refractivity (Wildman–Crippen MR) is 105 cm³/mol. The van der Waals surface area contributed by atoms with Crippen molar-refractivity contribution >= 4 is 11.6 Å². The molecule has 0 spiro atoms. The molecule has 1 amide bonds. The highest BCUT2D eigenvalue weighted by molar-refractivity contribution is 5.95. The van der Waals surface area contributed by atoms with E-state index in [1.807, 2.05) is 58.3 Å². The summed E-state index contributed by atoms with van der Waals surface area (Å²) in [5.74, 6) is 0.114. The number of hydrogen-bond donors (Lipinski definition) is 0. The first-order valence-electron chi connectivity index (χ1n) is 9.05. The van der Waals surface area contributed by atoms with Crippen molar-refractivity contribution < 1.29 is 4.79 Å². The van der Waals surface area contributed by atoms with Crippen molar-refractivity contribution in [2.45, 2.75) is 6.92 Å². The van der Waals surface area contributed by atoms with Crippen molar-refractivity contribution in [2.75, 3.05) is 31.1 Å². The second-order valence-corrected chi connectivity index (χ2v) is 6.76. The van der Waals surface area contributed by atoms with Crippen LogP contribution < -0.4 is 4.90 Å². The summed E-state index contributed by atoms with van der Waals surface area (Å²) in [5.41, 5.74) is 4.27. The Morgan fingerprint density at radius 1 is 0.808 bits per heavy atom. The third-order valence-corrected chi connectivity index (χ3v) is 4.93. The van der Waals surface area contributed by atoms with Gasteiger partial charge in [-0.2, -0.15) is 0 Å². The maximum Gasteiger partial charge on any atom is 0.254 e. The largest absolute Gasteiger partial charge is 0.368 e. The van der Waals surface area contributed by atoms with Crippen molar-refractivity contribution in [1.29, 1.82) is 0 Å². The summed E-state index contributed by atoms with van der Waals surface area (Å²) >= 11 is 0. The molecule has 1 fully saturated rings. The fraction of sp³-hybridized carbons (Fsp3) is 0.227. The van der Waals surface area contributed by atoms with Crippen LogP contribution in [0.1, 0.15) is 15.9 Å². The van der Waals surface area contributed by atoms with Gasteiger partial charge in [-0.25, -0.2) is 0 Å². The zero-order chi connectivity index (χ0) is 17.9. The molecule has 1 aromatic heterocycles. The van der Waals surface area contributed by atoms with E-state index < -0.39 is 0 Å². The smallest absolute Gasteiger partial charge is 0.254 e. The summed E-state index contributed by atoms with van der Waals surface area (Å²) in [6.45, 7) is 5.35. The van der Waals surface area contributed by atoms with E-state index in [1.165, 1.54) is 11.3 Å². The molecule has 0 N–H and O–H groups in total. The topological polar surface area (TPSA) is 28.5 Å². The van der Waals surface area contributed by atoms with Gasteiger partial charge in [0, 0.05) is 55.5 Å². The van der Waals surface area contributed by atoms with Crippen molar-refractivity contribution in [3.05, 3.63) is 84.2 Å². The molecule has 2 aromatic carbocycles. The number of rotatable bonds is 3. The van der Waals surface area contributed by atoms with Crippen LogP contribution >= 0.6 is 0 Å². The second-order valence-electron chi connectivity index (χ2n) is 6.76. The molecule has 0 saturated carbocycles. The molecule has 1 aliphatic heterocycles. The van der Waals surface area contributed by atoms with Crippen LogP contribution in [0.15, 0.2) is 73.1 Å². The first-order valence-corrected chi connectivity index (χ1v) is 9.05. The van der Waals surface area contributed by atoms with E-state index in [1.54, 1.807) is 0 Å². The third kappa shape index (κ3) is 3.36. The predicted octanol–water partition coefficient (Wildman–Crippen LogP) is 3.75. The van der Waals surface area contributed by atoms with Crippen LogP contribution in [-0.4, -0.2) is 41.6 Å². The van der Waals surface area contributed by atoms with E-state index >= 15 is 0 Å². The number of hydrogen-bond acceptors (Lipinski definition) is 2. The number of aryl methyl sites for hydroxylation is 1. The number of anilines is 1. The van der Waals surface area contributed by atoms with Crippen LogP contribution in [0.5, 0.6) is 0 Å². The monoisotopic (exact) mass is 345 g/mol. The summed E-state index contributed by atoms with van der Waals surface area (Å²) in [6, 6.07) is 20.4. The number of carbonyl (C=O) groups is 1. The highest BCUT2D eigenvalue weighted by Gasteiger charge is 2.22. The molecule has 2 heterocycles. The number of carbonyl (C=O) groups excluding carboxylic acids is 1. The van der Waals surface area contributed by atoms with Crippen LogP contribution in [0.2, 0.25) is 0 Å². The fourth-order valence-electron chi connectivity index (χ4n) is 3.48. The second kappa shape index (κ2) is 7.08. The van der Waals surface area contributed by atoms with Crippen molar-refractivity contribution in [2.24, 2.45) is 0 Å². The fourth-order valence-corrected chi connectivity index (χ4v) is 3.48. The van der Waals surface area contributed by atoms with Crippen LogP contribution in [0.4, 0.5) is 5.69 Å². The number of nitrogens with zero attached hydrogens (tertiary/aromatic N) is 3. The van der Waals surface area contributed by atoms with E-state index in [0.717, 1.165) is 37.4 Å². The van der Waals surface area contributed by atoms with Crippen LogP contribution in [0.3, 0.4) is 0 Å². The Morgan fingerprint density at radius 2 is 1.50 bits per heavy atom. The lowest BCUT2D eigenvalue weighted by Gasteiger charge is -2.36. The van der Waals surface area contributed by atoms with Gasteiger partial charge in [0.05, 0.1) is 0 Å². The summed E-state index contributed by atoms with van der Waals surface area (Å²) in [5, 5.41) is 0. The molecule has 26 heavy (non-hydrogen) atoms. The molecule has 4 heteroatoms. The van der Waals surface area contributed by atoms with Gasteiger partial charge < -0.3 is 14.4 Å². The maximum absolute atomic E-state index is 12.9. The quantitative estimate of drug-likeness (QED) is 0.723. The Kier molecular flexibility index (Phi) is 4.48. The standard InChI is InChI=1S/C22H23N3O/c1-18-6-4-8-20(16-18)24-12-14-25(15-13-24)22(26)19-7-5-9-21(17-19)23-10-2-3-11-23/h2-11,16-17H,12-15H2,1H3. The zero-order valence-electron chi connectivity index (χ0n) is 15.0. The highest BCUT2D eigenvalue weighted by Crippen LogP contribution is 2.19. The molecule has 4 rings (SSSR count). The van der Waals surface area contributed by atoms with Gasteiger partial charge in [-0.15, -0.1) is 0 Å². The molecule has 0 aliphatic carbocycles.